The summed E-state index contributed by atoms with van der Waals surface area (Å²) in [4.78, 5) is 4.19. The van der Waals surface area contributed by atoms with Gasteiger partial charge in [0, 0.05) is 0 Å². The van der Waals surface area contributed by atoms with E-state index in [0.29, 0.717) is 6.54 Å². The van der Waals surface area contributed by atoms with E-state index in [2.05, 4.69) is 10.3 Å². The van der Waals surface area contributed by atoms with Crippen LogP contribution in [0.15, 0.2) is 35.3 Å². The molecule has 1 fully saturated rings. The highest BCUT2D eigenvalue weighted by molar-refractivity contribution is 5.88. The molecule has 0 saturated carbocycles. The average molecular weight is 266 g/mol. The average Bonchev–Trinajstić information content (AvgIpc) is 2.45. The predicted molar refractivity (Wildman–Crippen MR) is 69.6 cm³/mol. The van der Waals surface area contributed by atoms with Crippen LogP contribution in [0.5, 0.6) is 0 Å². The Labute approximate surface area is 111 Å². The molecule has 1 aliphatic rings. The van der Waals surface area contributed by atoms with E-state index < -0.39 is 24.4 Å². The van der Waals surface area contributed by atoms with Crippen molar-refractivity contribution in [3.05, 3.63) is 35.9 Å². The van der Waals surface area contributed by atoms with Gasteiger partial charge < -0.3 is 25.7 Å². The van der Waals surface area contributed by atoms with Gasteiger partial charge in [-0.2, -0.15) is 0 Å². The molecule has 0 spiro atoms. The molecule has 1 aromatic carbocycles. The van der Waals surface area contributed by atoms with Crippen LogP contribution in [-0.2, 0) is 6.54 Å². The molecule has 0 aliphatic carbocycles. The van der Waals surface area contributed by atoms with Gasteiger partial charge in [0.05, 0.1) is 19.2 Å². The van der Waals surface area contributed by atoms with Crippen molar-refractivity contribution in [2.45, 2.75) is 30.9 Å². The van der Waals surface area contributed by atoms with Gasteiger partial charge >= 0.3 is 0 Å². The fraction of sp³-hybridized carbons (Fsp3) is 0.462. The van der Waals surface area contributed by atoms with E-state index in [-0.39, 0.29) is 12.4 Å². The second-order valence-corrected chi connectivity index (χ2v) is 4.55. The quantitative estimate of drug-likeness (QED) is 0.464. The van der Waals surface area contributed by atoms with E-state index in [1.165, 1.54) is 0 Å². The Hall–Kier alpha value is -1.47. The molecule has 0 aromatic heterocycles. The van der Waals surface area contributed by atoms with Crippen molar-refractivity contribution in [2.75, 3.05) is 6.61 Å². The largest absolute Gasteiger partial charge is 0.394 e. The Kier molecular flexibility index (Phi) is 4.49. The number of aliphatic hydroxyl groups is 4. The summed E-state index contributed by atoms with van der Waals surface area (Å²) in [7, 11) is 0. The molecule has 19 heavy (non-hydrogen) atoms. The molecule has 5 N–H and O–H groups in total. The fourth-order valence-corrected chi connectivity index (χ4v) is 2.00. The highest BCUT2D eigenvalue weighted by Gasteiger charge is 2.39. The van der Waals surface area contributed by atoms with Crippen LogP contribution in [0.4, 0.5) is 0 Å². The zero-order valence-electron chi connectivity index (χ0n) is 10.3. The molecule has 1 aromatic rings. The third-order valence-corrected chi connectivity index (χ3v) is 3.17. The Morgan fingerprint density at radius 2 is 1.74 bits per heavy atom. The molecule has 1 heterocycles. The second-order valence-electron chi connectivity index (χ2n) is 4.55. The Morgan fingerprint density at radius 1 is 1.05 bits per heavy atom. The van der Waals surface area contributed by atoms with Gasteiger partial charge in [-0.1, -0.05) is 30.3 Å². The van der Waals surface area contributed by atoms with Crippen LogP contribution < -0.4 is 5.32 Å². The van der Waals surface area contributed by atoms with Crippen molar-refractivity contribution < 1.29 is 20.4 Å². The van der Waals surface area contributed by atoms with Gasteiger partial charge in [-0.3, -0.25) is 4.99 Å². The van der Waals surface area contributed by atoms with Gasteiger partial charge in [-0.15, -0.1) is 0 Å². The SMILES string of the molecule is OC[C@H]1NC(=NCc2ccccc2)[C@H](O)[C@@H](O)[C@H]1O. The van der Waals surface area contributed by atoms with Gasteiger partial charge in [-0.05, 0) is 5.56 Å². The van der Waals surface area contributed by atoms with Crippen molar-refractivity contribution in [1.29, 1.82) is 0 Å². The van der Waals surface area contributed by atoms with E-state index in [1.54, 1.807) is 0 Å². The van der Waals surface area contributed by atoms with Crippen LogP contribution in [0.1, 0.15) is 5.56 Å². The number of nitrogens with one attached hydrogen (secondary N) is 1. The summed E-state index contributed by atoms with van der Waals surface area (Å²) in [5.41, 5.74) is 0.963. The first-order chi connectivity index (χ1) is 9.13. The maximum absolute atomic E-state index is 9.81. The Balaban J connectivity index is 2.10. The lowest BCUT2D eigenvalue weighted by molar-refractivity contribution is -0.0681. The van der Waals surface area contributed by atoms with Gasteiger partial charge in [-0.25, -0.2) is 0 Å². The highest BCUT2D eigenvalue weighted by atomic mass is 16.4. The molecular weight excluding hydrogens is 248 g/mol. The third-order valence-electron chi connectivity index (χ3n) is 3.17. The van der Waals surface area contributed by atoms with Crippen molar-refractivity contribution >= 4 is 5.84 Å². The van der Waals surface area contributed by atoms with Crippen LogP contribution in [0.3, 0.4) is 0 Å². The van der Waals surface area contributed by atoms with Crippen LogP contribution in [0.2, 0.25) is 0 Å². The molecule has 1 saturated heterocycles. The van der Waals surface area contributed by atoms with Crippen molar-refractivity contribution in [3.8, 4) is 0 Å². The molecule has 6 nitrogen and oxygen atoms in total. The first-order valence-corrected chi connectivity index (χ1v) is 6.13. The molecule has 0 bridgehead atoms. The minimum absolute atomic E-state index is 0.181. The van der Waals surface area contributed by atoms with Crippen LogP contribution in [0.25, 0.3) is 0 Å². The molecule has 0 radical (unpaired) electrons. The summed E-state index contributed by atoms with van der Waals surface area (Å²) < 4.78 is 0. The lowest BCUT2D eigenvalue weighted by Crippen LogP contribution is -2.63. The Morgan fingerprint density at radius 3 is 2.37 bits per heavy atom. The number of nitrogens with zero attached hydrogens (tertiary/aromatic N) is 1. The monoisotopic (exact) mass is 266 g/mol. The second kappa shape index (κ2) is 6.12. The van der Waals surface area contributed by atoms with E-state index in [1.807, 2.05) is 30.3 Å². The summed E-state index contributed by atoms with van der Waals surface area (Å²) >= 11 is 0. The van der Waals surface area contributed by atoms with Crippen molar-refractivity contribution in [2.24, 2.45) is 4.99 Å². The van der Waals surface area contributed by atoms with Gasteiger partial charge in [0.15, 0.2) is 0 Å². The zero-order valence-corrected chi connectivity index (χ0v) is 10.3. The third kappa shape index (κ3) is 3.10. The molecule has 0 unspecified atom stereocenters. The highest BCUT2D eigenvalue weighted by Crippen LogP contribution is 2.13. The van der Waals surface area contributed by atoms with Crippen molar-refractivity contribution in [1.82, 2.24) is 5.32 Å². The zero-order chi connectivity index (χ0) is 13.8. The first-order valence-electron chi connectivity index (χ1n) is 6.13. The van der Waals surface area contributed by atoms with Gasteiger partial charge in [0.25, 0.3) is 0 Å². The number of benzene rings is 1. The molecule has 6 heteroatoms. The van der Waals surface area contributed by atoms with E-state index in [4.69, 9.17) is 5.11 Å². The topological polar surface area (TPSA) is 105 Å². The predicted octanol–water partition coefficient (Wildman–Crippen LogP) is -1.37. The lowest BCUT2D eigenvalue weighted by atomic mass is 9.95. The number of hydrogen-bond acceptors (Lipinski definition) is 5. The number of aliphatic imine (C=N–C) groups is 1. The van der Waals surface area contributed by atoms with E-state index >= 15 is 0 Å². The molecule has 1 aliphatic heterocycles. The summed E-state index contributed by atoms with van der Waals surface area (Å²) in [6.45, 7) is -0.00347. The summed E-state index contributed by atoms with van der Waals surface area (Å²) in [6.07, 6.45) is -3.86. The summed E-state index contributed by atoms with van der Waals surface area (Å²) in [5.74, 6) is 0.181. The molecular formula is C13H18N2O4. The normalized spacial score (nSPS) is 33.2. The van der Waals surface area contributed by atoms with Crippen LogP contribution in [-0.4, -0.2) is 57.2 Å². The number of amidine groups is 1. The summed E-state index contributed by atoms with van der Waals surface area (Å²) in [5, 5.41) is 41.0. The first kappa shape index (κ1) is 14.0. The minimum atomic E-state index is -1.35. The van der Waals surface area contributed by atoms with E-state index in [9.17, 15) is 15.3 Å². The number of rotatable bonds is 3. The van der Waals surface area contributed by atoms with Gasteiger partial charge in [0.2, 0.25) is 0 Å². The fourth-order valence-electron chi connectivity index (χ4n) is 2.00. The number of hydrogen-bond donors (Lipinski definition) is 5. The minimum Gasteiger partial charge on any atom is -0.394 e. The maximum Gasteiger partial charge on any atom is 0.139 e. The smallest absolute Gasteiger partial charge is 0.139 e. The lowest BCUT2D eigenvalue weighted by Gasteiger charge is -2.36. The summed E-state index contributed by atoms with van der Waals surface area (Å²) in [6, 6.07) is 8.73. The standard InChI is InChI=1S/C13H18N2O4/c16-7-9-10(17)11(18)12(19)13(15-9)14-6-8-4-2-1-3-5-8/h1-5,9-12,16-19H,6-7H2,(H,14,15)/t9-,10+,11+,12-/m1/s1. The molecule has 0 amide bonds. The molecule has 4 atom stereocenters. The van der Waals surface area contributed by atoms with Gasteiger partial charge in [0.1, 0.15) is 24.1 Å². The molecule has 104 valence electrons. The van der Waals surface area contributed by atoms with Crippen molar-refractivity contribution in [3.63, 3.8) is 0 Å². The maximum atomic E-state index is 9.81. The van der Waals surface area contributed by atoms with Crippen LogP contribution in [0, 0.1) is 0 Å². The number of piperidine rings is 1. The van der Waals surface area contributed by atoms with E-state index in [0.717, 1.165) is 5.56 Å². The molecule has 2 rings (SSSR count). The number of aliphatic hydroxyl groups excluding tert-OH is 4. The Bertz CT molecular complexity index is 436. The van der Waals surface area contributed by atoms with Crippen LogP contribution >= 0.6 is 0 Å².